The fourth-order valence-corrected chi connectivity index (χ4v) is 2.23. The molecule has 1 nitrogen and oxygen atoms in total. The van der Waals surface area contributed by atoms with E-state index in [0.717, 1.165) is 16.4 Å². The molecule has 0 saturated heterocycles. The summed E-state index contributed by atoms with van der Waals surface area (Å²) < 4.78 is 0.931. The molecule has 0 aliphatic rings. The van der Waals surface area contributed by atoms with Crippen molar-refractivity contribution in [2.75, 3.05) is 13.1 Å². The van der Waals surface area contributed by atoms with Crippen LogP contribution >= 0.6 is 0 Å². The predicted molar refractivity (Wildman–Crippen MR) is 47.5 cm³/mol. The zero-order chi connectivity index (χ0) is 7.98. The van der Waals surface area contributed by atoms with Crippen LogP contribution in [0.25, 0.3) is 0 Å². The summed E-state index contributed by atoms with van der Waals surface area (Å²) in [5.74, 6) is 0.856. The molecular weight excluding hydrogens is 229 g/mol. The van der Waals surface area contributed by atoms with Gasteiger partial charge >= 0.3 is 78.0 Å². The molecule has 0 amide bonds. The van der Waals surface area contributed by atoms with E-state index in [9.17, 15) is 0 Å². The summed E-state index contributed by atoms with van der Waals surface area (Å²) in [5, 5.41) is 3.36. The molecule has 0 aliphatic heterocycles. The molecule has 3 radical (unpaired) electrons. The van der Waals surface area contributed by atoms with Crippen molar-refractivity contribution < 1.29 is 0 Å². The van der Waals surface area contributed by atoms with Gasteiger partial charge < -0.3 is 0 Å². The van der Waals surface area contributed by atoms with E-state index < -0.39 is 0 Å². The second-order valence-electron chi connectivity index (χ2n) is 3.05. The van der Waals surface area contributed by atoms with Crippen LogP contribution in [0.3, 0.4) is 0 Å². The molecule has 0 aromatic heterocycles. The Morgan fingerprint density at radius 1 is 1.40 bits per heavy atom. The average Bonchev–Trinajstić information content (AvgIpc) is 1.82. The zero-order valence-electron chi connectivity index (χ0n) is 7.28. The van der Waals surface area contributed by atoms with Crippen LogP contribution in [-0.4, -0.2) is 35.6 Å². The van der Waals surface area contributed by atoms with Gasteiger partial charge in [0.15, 0.2) is 0 Å². The van der Waals surface area contributed by atoms with Gasteiger partial charge in [0, 0.05) is 0 Å². The molecule has 0 heterocycles. The number of rotatable bonds is 5. The van der Waals surface area contributed by atoms with Crippen LogP contribution in [0, 0.1) is 5.92 Å². The quantitative estimate of drug-likeness (QED) is 0.727. The van der Waals surface area contributed by atoms with Gasteiger partial charge in [0.05, 0.1) is 0 Å². The summed E-state index contributed by atoms with van der Waals surface area (Å²) in [6.07, 6.45) is 1.38. The summed E-state index contributed by atoms with van der Waals surface area (Å²) >= 11 is 1.68. The normalized spacial score (nSPS) is 16.8. The van der Waals surface area contributed by atoms with Crippen molar-refractivity contribution in [2.24, 2.45) is 5.92 Å². The van der Waals surface area contributed by atoms with Crippen molar-refractivity contribution in [3.05, 3.63) is 0 Å². The molecule has 0 spiro atoms. The summed E-state index contributed by atoms with van der Waals surface area (Å²) in [5.41, 5.74) is 0. The summed E-state index contributed by atoms with van der Waals surface area (Å²) in [6.45, 7) is 9.10. The predicted octanol–water partition coefficient (Wildman–Crippen LogP) is 1.60. The molecule has 10 heavy (non-hydrogen) atoms. The number of nitrogens with one attached hydrogen (secondary N) is 1. The molecule has 0 saturated carbocycles. The molecule has 2 unspecified atom stereocenters. The van der Waals surface area contributed by atoms with E-state index >= 15 is 0 Å². The Labute approximate surface area is 78.1 Å². The Balaban J connectivity index is 3.16. The number of hydrogen-bond acceptors (Lipinski definition) is 1. The first-order valence-corrected chi connectivity index (χ1v) is 5.73. The van der Waals surface area contributed by atoms with E-state index in [1.54, 1.807) is 22.5 Å². The SMILES string of the molecule is CCNCC(C)C[CH](C)[Sn]. The van der Waals surface area contributed by atoms with Crippen LogP contribution in [0.15, 0.2) is 0 Å². The third-order valence-corrected chi connectivity index (χ3v) is 2.17. The molecule has 1 N–H and O–H groups in total. The summed E-state index contributed by atoms with van der Waals surface area (Å²) in [4.78, 5) is 0. The van der Waals surface area contributed by atoms with Crippen molar-refractivity contribution >= 4 is 22.5 Å². The van der Waals surface area contributed by atoms with Crippen molar-refractivity contribution in [2.45, 2.75) is 31.1 Å². The van der Waals surface area contributed by atoms with Crippen molar-refractivity contribution in [3.8, 4) is 0 Å². The van der Waals surface area contributed by atoms with E-state index in [1.807, 2.05) is 0 Å². The van der Waals surface area contributed by atoms with Gasteiger partial charge in [-0.05, 0) is 0 Å². The number of hydrogen-bond donors (Lipinski definition) is 1. The molecule has 0 fully saturated rings. The van der Waals surface area contributed by atoms with Crippen LogP contribution < -0.4 is 5.32 Å². The average molecular weight is 247 g/mol. The first-order valence-electron chi connectivity index (χ1n) is 4.08. The van der Waals surface area contributed by atoms with E-state index in [-0.39, 0.29) is 0 Å². The van der Waals surface area contributed by atoms with Crippen LogP contribution in [0.1, 0.15) is 27.2 Å². The molecule has 0 aliphatic carbocycles. The molecule has 0 aromatic rings. The molecule has 2 atom stereocenters. The molecule has 0 aromatic carbocycles. The molecule has 0 bridgehead atoms. The van der Waals surface area contributed by atoms with Crippen molar-refractivity contribution in [3.63, 3.8) is 0 Å². The Morgan fingerprint density at radius 2 is 2.00 bits per heavy atom. The topological polar surface area (TPSA) is 12.0 Å². The Bertz CT molecular complexity index is 73.7. The van der Waals surface area contributed by atoms with Gasteiger partial charge in [-0.15, -0.1) is 0 Å². The van der Waals surface area contributed by atoms with Crippen LogP contribution in [0.5, 0.6) is 0 Å². The van der Waals surface area contributed by atoms with Crippen molar-refractivity contribution in [1.82, 2.24) is 5.32 Å². The fourth-order valence-electron chi connectivity index (χ4n) is 1.08. The van der Waals surface area contributed by atoms with E-state index in [4.69, 9.17) is 0 Å². The van der Waals surface area contributed by atoms with Gasteiger partial charge in [0.2, 0.25) is 0 Å². The van der Waals surface area contributed by atoms with Crippen LogP contribution in [0.2, 0.25) is 3.93 Å². The van der Waals surface area contributed by atoms with Crippen molar-refractivity contribution in [1.29, 1.82) is 0 Å². The maximum atomic E-state index is 3.36. The van der Waals surface area contributed by atoms with E-state index in [2.05, 4.69) is 26.1 Å². The van der Waals surface area contributed by atoms with Gasteiger partial charge in [-0.25, -0.2) is 0 Å². The molecule has 2 heteroatoms. The minimum absolute atomic E-state index is 0.856. The van der Waals surface area contributed by atoms with Gasteiger partial charge in [-0.3, -0.25) is 0 Å². The molecule has 0 rings (SSSR count). The second kappa shape index (κ2) is 6.47. The minimum atomic E-state index is 0.856. The van der Waals surface area contributed by atoms with Gasteiger partial charge in [0.1, 0.15) is 0 Å². The second-order valence-corrected chi connectivity index (χ2v) is 5.86. The van der Waals surface area contributed by atoms with Gasteiger partial charge in [-0.2, -0.15) is 0 Å². The van der Waals surface area contributed by atoms with Crippen LogP contribution in [-0.2, 0) is 0 Å². The Kier molecular flexibility index (Phi) is 6.96. The fraction of sp³-hybridized carbons (Fsp3) is 1.00. The molecule has 59 valence electrons. The zero-order valence-corrected chi connectivity index (χ0v) is 10.1. The van der Waals surface area contributed by atoms with Gasteiger partial charge in [-0.1, -0.05) is 0 Å². The van der Waals surface area contributed by atoms with E-state index in [1.165, 1.54) is 13.0 Å². The standard InChI is InChI=1S/C8H18N.Sn/c1-4-6-8(3)7-9-5-2;/h4,8-9H,5-7H2,1-3H3;. The van der Waals surface area contributed by atoms with Gasteiger partial charge in [0.25, 0.3) is 0 Å². The molecular formula is C8H18NSn. The Hall–Kier alpha value is 0.759. The Morgan fingerprint density at radius 3 is 2.40 bits per heavy atom. The summed E-state index contributed by atoms with van der Waals surface area (Å²) in [7, 11) is 0. The monoisotopic (exact) mass is 248 g/mol. The first-order chi connectivity index (χ1) is 4.66. The first kappa shape index (κ1) is 10.8. The summed E-state index contributed by atoms with van der Waals surface area (Å²) in [6, 6.07) is 0. The maximum absolute atomic E-state index is 3.36. The van der Waals surface area contributed by atoms with Crippen LogP contribution in [0.4, 0.5) is 0 Å². The van der Waals surface area contributed by atoms with E-state index in [0.29, 0.717) is 0 Å². The third kappa shape index (κ3) is 6.87. The third-order valence-electron chi connectivity index (χ3n) is 1.50.